The van der Waals surface area contributed by atoms with Crippen LogP contribution in [0, 0.1) is 0 Å². The fourth-order valence-corrected chi connectivity index (χ4v) is 4.24. The molecule has 1 aliphatic rings. The molecule has 0 amide bonds. The molecule has 116 valence electrons. The maximum Gasteiger partial charge on any atom is 0.342 e. The summed E-state index contributed by atoms with van der Waals surface area (Å²) in [5, 5.41) is 0. The van der Waals surface area contributed by atoms with Gasteiger partial charge in [0.15, 0.2) is 11.8 Å². The summed E-state index contributed by atoms with van der Waals surface area (Å²) in [6.45, 7) is 4.38. The summed E-state index contributed by atoms with van der Waals surface area (Å²) >= 11 is 0. The van der Waals surface area contributed by atoms with Crippen LogP contribution in [0.3, 0.4) is 0 Å². The minimum absolute atomic E-state index is 0.0141. The Hall–Kier alpha value is -1.24. The molecule has 2 atom stereocenters. The normalized spacial score (nSPS) is 26.5. The number of carbonyl (C=O) groups excluding carboxylic acids is 1. The number of Topliss-reactive ketones (excluding diaryl/α,β-unsaturated/α-hetero) is 1. The van der Waals surface area contributed by atoms with E-state index in [0.29, 0.717) is 19.5 Å². The van der Waals surface area contributed by atoms with E-state index < -0.39 is 16.2 Å². The molecule has 1 heterocycles. The summed E-state index contributed by atoms with van der Waals surface area (Å²) < 4.78 is 30.4. The SMILES string of the molecule is CC[N+]1(OS(=O)(=O)c2ccccc2)CCCCC1C(C)=O. The van der Waals surface area contributed by atoms with Crippen LogP contribution >= 0.6 is 0 Å². The van der Waals surface area contributed by atoms with Crippen molar-refractivity contribution in [3.8, 4) is 0 Å². The van der Waals surface area contributed by atoms with Gasteiger partial charge in [-0.25, -0.2) is 0 Å². The lowest BCUT2D eigenvalue weighted by atomic mass is 9.98. The number of benzene rings is 1. The van der Waals surface area contributed by atoms with Gasteiger partial charge >= 0.3 is 10.1 Å². The molecule has 2 unspecified atom stereocenters. The Morgan fingerprint density at radius 1 is 1.29 bits per heavy atom. The van der Waals surface area contributed by atoms with Crippen molar-refractivity contribution in [3.05, 3.63) is 30.3 Å². The molecule has 0 spiro atoms. The van der Waals surface area contributed by atoms with Crippen LogP contribution in [0.1, 0.15) is 33.1 Å². The molecule has 0 saturated carbocycles. The molecule has 1 aromatic rings. The van der Waals surface area contributed by atoms with E-state index in [-0.39, 0.29) is 15.3 Å². The molecule has 5 nitrogen and oxygen atoms in total. The van der Waals surface area contributed by atoms with Gasteiger partial charge in [0.1, 0.15) is 13.1 Å². The largest absolute Gasteiger partial charge is 0.342 e. The highest BCUT2D eigenvalue weighted by atomic mass is 32.2. The second-order valence-electron chi connectivity index (χ2n) is 5.46. The fraction of sp³-hybridized carbons (Fsp3) is 0.533. The highest BCUT2D eigenvalue weighted by molar-refractivity contribution is 7.86. The van der Waals surface area contributed by atoms with E-state index in [2.05, 4.69) is 0 Å². The number of carbonyl (C=O) groups is 1. The van der Waals surface area contributed by atoms with Crippen LogP contribution in [0.15, 0.2) is 35.2 Å². The number of rotatable bonds is 5. The highest BCUT2D eigenvalue weighted by Gasteiger charge is 2.47. The first-order valence-corrected chi connectivity index (χ1v) is 8.70. The first kappa shape index (κ1) is 16.1. The van der Waals surface area contributed by atoms with Crippen molar-refractivity contribution in [1.29, 1.82) is 0 Å². The van der Waals surface area contributed by atoms with Crippen LogP contribution in [-0.2, 0) is 19.2 Å². The summed E-state index contributed by atoms with van der Waals surface area (Å²) in [5.41, 5.74) is 0. The van der Waals surface area contributed by atoms with E-state index in [0.717, 1.165) is 12.8 Å². The molecular weight excluding hydrogens is 290 g/mol. The zero-order valence-electron chi connectivity index (χ0n) is 12.5. The van der Waals surface area contributed by atoms with Gasteiger partial charge in [-0.1, -0.05) is 22.5 Å². The Labute approximate surface area is 126 Å². The monoisotopic (exact) mass is 312 g/mol. The maximum absolute atomic E-state index is 12.5. The van der Waals surface area contributed by atoms with E-state index in [1.54, 1.807) is 18.2 Å². The van der Waals surface area contributed by atoms with Gasteiger partial charge in [0.05, 0.1) is 4.90 Å². The average molecular weight is 312 g/mol. The van der Waals surface area contributed by atoms with Crippen molar-refractivity contribution in [2.45, 2.75) is 44.0 Å². The minimum Gasteiger partial charge on any atom is -0.293 e. The van der Waals surface area contributed by atoms with Gasteiger partial charge < -0.3 is 0 Å². The molecule has 0 N–H and O–H groups in total. The van der Waals surface area contributed by atoms with Gasteiger partial charge in [0.25, 0.3) is 0 Å². The molecule has 2 rings (SSSR count). The van der Waals surface area contributed by atoms with Crippen LogP contribution in [0.5, 0.6) is 0 Å². The number of likely N-dealkylation sites (N-methyl/N-ethyl adjacent to an activating group) is 1. The van der Waals surface area contributed by atoms with Gasteiger partial charge in [-0.3, -0.25) is 4.79 Å². The van der Waals surface area contributed by atoms with Crippen molar-refractivity contribution >= 4 is 15.9 Å². The third-order valence-corrected chi connectivity index (χ3v) is 5.46. The van der Waals surface area contributed by atoms with Crippen LogP contribution < -0.4 is 0 Å². The van der Waals surface area contributed by atoms with Gasteiger partial charge in [-0.05, 0) is 31.9 Å². The molecule has 0 aliphatic carbocycles. The van der Waals surface area contributed by atoms with Crippen molar-refractivity contribution in [3.63, 3.8) is 0 Å². The van der Waals surface area contributed by atoms with Crippen LogP contribution in [-0.4, -0.2) is 38.0 Å². The predicted octanol–water partition coefficient (Wildman–Crippen LogP) is 2.29. The van der Waals surface area contributed by atoms with Gasteiger partial charge in [-0.2, -0.15) is 13.1 Å². The average Bonchev–Trinajstić information content (AvgIpc) is 2.48. The number of quaternary nitrogens is 1. The number of nitrogens with zero attached hydrogens (tertiary/aromatic N) is 1. The highest BCUT2D eigenvalue weighted by Crippen LogP contribution is 2.30. The van der Waals surface area contributed by atoms with Gasteiger partial charge in [0.2, 0.25) is 0 Å². The summed E-state index contributed by atoms with van der Waals surface area (Å²) in [4.78, 5) is 12.0. The summed E-state index contributed by atoms with van der Waals surface area (Å²) in [6.07, 6.45) is 2.47. The lowest BCUT2D eigenvalue weighted by Crippen LogP contribution is -2.61. The Morgan fingerprint density at radius 3 is 2.52 bits per heavy atom. The van der Waals surface area contributed by atoms with Gasteiger partial charge in [0, 0.05) is 13.3 Å². The lowest BCUT2D eigenvalue weighted by Gasteiger charge is -2.41. The van der Waals surface area contributed by atoms with E-state index >= 15 is 0 Å². The van der Waals surface area contributed by atoms with Crippen molar-refractivity contribution in [2.75, 3.05) is 13.1 Å². The smallest absolute Gasteiger partial charge is 0.293 e. The summed E-state index contributed by atoms with van der Waals surface area (Å²) in [7, 11) is -3.88. The zero-order valence-corrected chi connectivity index (χ0v) is 13.3. The Balaban J connectivity index is 2.35. The quantitative estimate of drug-likeness (QED) is 0.783. The summed E-state index contributed by atoms with van der Waals surface area (Å²) in [6, 6.07) is 7.68. The molecule has 0 bridgehead atoms. The van der Waals surface area contributed by atoms with E-state index in [1.807, 2.05) is 6.92 Å². The topological polar surface area (TPSA) is 60.4 Å². The third kappa shape index (κ3) is 3.33. The van der Waals surface area contributed by atoms with Crippen molar-refractivity contribution < 1.29 is 22.1 Å². The number of hydrogen-bond acceptors (Lipinski definition) is 4. The van der Waals surface area contributed by atoms with Gasteiger partial charge in [-0.15, -0.1) is 0 Å². The lowest BCUT2D eigenvalue weighted by molar-refractivity contribution is -1.09. The Kier molecular flexibility index (Phi) is 4.81. The van der Waals surface area contributed by atoms with E-state index in [4.69, 9.17) is 4.28 Å². The summed E-state index contributed by atoms with van der Waals surface area (Å²) in [5.74, 6) is -0.0141. The zero-order chi connectivity index (χ0) is 15.5. The van der Waals surface area contributed by atoms with Crippen LogP contribution in [0.2, 0.25) is 0 Å². The Bertz CT molecular complexity index is 599. The third-order valence-electron chi connectivity index (χ3n) is 4.12. The first-order chi connectivity index (χ1) is 9.91. The molecule has 1 aliphatic heterocycles. The van der Waals surface area contributed by atoms with Crippen molar-refractivity contribution in [2.24, 2.45) is 0 Å². The molecular formula is C15H22NO4S+. The Morgan fingerprint density at radius 2 is 1.95 bits per heavy atom. The number of hydroxylamine groups is 3. The van der Waals surface area contributed by atoms with E-state index in [1.165, 1.54) is 19.1 Å². The minimum atomic E-state index is -3.88. The number of likely N-dealkylation sites (tertiary alicyclic amines) is 1. The molecule has 21 heavy (non-hydrogen) atoms. The number of piperidine rings is 1. The standard InChI is InChI=1S/C15H22NO4S/c1-3-16(12-8-7-11-15(16)13(2)17)20-21(18,19)14-9-5-4-6-10-14/h4-6,9-10,15H,3,7-8,11-12H2,1-2H3/q+1. The predicted molar refractivity (Wildman–Crippen MR) is 78.7 cm³/mol. The van der Waals surface area contributed by atoms with Crippen LogP contribution in [0.25, 0.3) is 0 Å². The number of hydrogen-bond donors (Lipinski definition) is 0. The first-order valence-electron chi connectivity index (χ1n) is 7.30. The second kappa shape index (κ2) is 6.25. The molecule has 6 heteroatoms. The van der Waals surface area contributed by atoms with E-state index in [9.17, 15) is 13.2 Å². The second-order valence-corrected chi connectivity index (χ2v) is 6.98. The van der Waals surface area contributed by atoms with Crippen LogP contribution in [0.4, 0.5) is 0 Å². The molecule has 1 saturated heterocycles. The molecule has 0 radical (unpaired) electrons. The van der Waals surface area contributed by atoms with Crippen molar-refractivity contribution in [1.82, 2.24) is 0 Å². The number of ketones is 1. The maximum atomic E-state index is 12.5. The molecule has 1 fully saturated rings. The molecule has 0 aromatic heterocycles. The molecule has 1 aromatic carbocycles. The fourth-order valence-electron chi connectivity index (χ4n) is 2.99.